The van der Waals surface area contributed by atoms with Crippen LogP contribution in [0.15, 0.2) is 18.2 Å². The Balaban J connectivity index is 2.34. The quantitative estimate of drug-likeness (QED) is 0.877. The molecule has 1 unspecified atom stereocenters. The van der Waals surface area contributed by atoms with Crippen LogP contribution >= 0.6 is 11.6 Å². The van der Waals surface area contributed by atoms with Crippen molar-refractivity contribution in [3.8, 4) is 5.75 Å². The summed E-state index contributed by atoms with van der Waals surface area (Å²) in [5.41, 5.74) is 6.92. The lowest BCUT2D eigenvalue weighted by atomic mass is 10.0. The molecule has 1 aromatic rings. The lowest BCUT2D eigenvalue weighted by Crippen LogP contribution is -2.32. The van der Waals surface area contributed by atoms with Crippen LogP contribution in [0.5, 0.6) is 5.75 Å². The molecule has 0 aromatic heterocycles. The smallest absolute Gasteiger partial charge is 0.125 e. The van der Waals surface area contributed by atoms with Crippen molar-refractivity contribution in [3.63, 3.8) is 0 Å². The molecule has 0 amide bonds. The molecule has 1 fully saturated rings. The number of rotatable bonds is 5. The van der Waals surface area contributed by atoms with E-state index in [0.29, 0.717) is 12.6 Å². The molecule has 0 aliphatic heterocycles. The zero-order valence-corrected chi connectivity index (χ0v) is 11.1. The van der Waals surface area contributed by atoms with Crippen molar-refractivity contribution in [1.82, 2.24) is 4.90 Å². The number of hydrogen-bond donors (Lipinski definition) is 1. The molecule has 4 heteroatoms. The SMILES string of the molecule is COc1cccc(Cl)c1C(CN)N(C)C1CC1. The van der Waals surface area contributed by atoms with Gasteiger partial charge in [-0.05, 0) is 32.0 Å². The van der Waals surface area contributed by atoms with E-state index in [1.165, 1.54) is 12.8 Å². The zero-order chi connectivity index (χ0) is 12.4. The third kappa shape index (κ3) is 2.57. The van der Waals surface area contributed by atoms with Crippen LogP contribution in [0.1, 0.15) is 24.4 Å². The molecule has 2 rings (SSSR count). The van der Waals surface area contributed by atoms with Gasteiger partial charge in [-0.2, -0.15) is 0 Å². The summed E-state index contributed by atoms with van der Waals surface area (Å²) in [6, 6.07) is 6.50. The van der Waals surface area contributed by atoms with E-state index in [1.54, 1.807) is 7.11 Å². The van der Waals surface area contributed by atoms with E-state index in [9.17, 15) is 0 Å². The molecule has 1 aliphatic carbocycles. The average molecular weight is 255 g/mol. The second kappa shape index (κ2) is 5.25. The largest absolute Gasteiger partial charge is 0.496 e. The highest BCUT2D eigenvalue weighted by Crippen LogP contribution is 2.38. The Labute approximate surface area is 107 Å². The van der Waals surface area contributed by atoms with Gasteiger partial charge in [0.2, 0.25) is 0 Å². The Morgan fingerprint density at radius 3 is 2.76 bits per heavy atom. The lowest BCUT2D eigenvalue weighted by Gasteiger charge is -2.29. The van der Waals surface area contributed by atoms with Crippen LogP contribution in [-0.4, -0.2) is 31.6 Å². The number of hydrogen-bond acceptors (Lipinski definition) is 3. The molecule has 17 heavy (non-hydrogen) atoms. The maximum Gasteiger partial charge on any atom is 0.125 e. The normalized spacial score (nSPS) is 17.2. The molecule has 2 N–H and O–H groups in total. The van der Waals surface area contributed by atoms with Gasteiger partial charge >= 0.3 is 0 Å². The second-order valence-electron chi connectivity index (χ2n) is 4.50. The fraction of sp³-hybridized carbons (Fsp3) is 0.538. The minimum absolute atomic E-state index is 0.131. The Bertz CT molecular complexity index is 393. The maximum atomic E-state index is 6.29. The minimum atomic E-state index is 0.131. The molecule has 0 heterocycles. The van der Waals surface area contributed by atoms with Gasteiger partial charge in [-0.15, -0.1) is 0 Å². The number of benzene rings is 1. The fourth-order valence-electron chi connectivity index (χ4n) is 2.24. The van der Waals surface area contributed by atoms with Crippen LogP contribution in [0.3, 0.4) is 0 Å². The maximum absolute atomic E-state index is 6.29. The van der Waals surface area contributed by atoms with Gasteiger partial charge in [-0.25, -0.2) is 0 Å². The van der Waals surface area contributed by atoms with Gasteiger partial charge in [0.1, 0.15) is 5.75 Å². The van der Waals surface area contributed by atoms with E-state index in [-0.39, 0.29) is 6.04 Å². The summed E-state index contributed by atoms with van der Waals surface area (Å²) < 4.78 is 5.39. The molecule has 0 bridgehead atoms. The summed E-state index contributed by atoms with van der Waals surface area (Å²) in [6.45, 7) is 0.549. The summed E-state index contributed by atoms with van der Waals surface area (Å²) in [6.07, 6.45) is 2.50. The van der Waals surface area contributed by atoms with Crippen molar-refractivity contribution >= 4 is 11.6 Å². The molecule has 0 spiro atoms. The topological polar surface area (TPSA) is 38.5 Å². The van der Waals surface area contributed by atoms with E-state index < -0.39 is 0 Å². The van der Waals surface area contributed by atoms with Crippen LogP contribution in [0, 0.1) is 0 Å². The number of ether oxygens (including phenoxy) is 1. The first kappa shape index (κ1) is 12.7. The minimum Gasteiger partial charge on any atom is -0.496 e. The number of nitrogens with zero attached hydrogens (tertiary/aromatic N) is 1. The van der Waals surface area contributed by atoms with E-state index in [4.69, 9.17) is 22.1 Å². The summed E-state index contributed by atoms with van der Waals surface area (Å²) in [5, 5.41) is 0.729. The van der Waals surface area contributed by atoms with E-state index in [2.05, 4.69) is 11.9 Å². The first-order chi connectivity index (χ1) is 8.19. The first-order valence-electron chi connectivity index (χ1n) is 5.93. The summed E-state index contributed by atoms with van der Waals surface area (Å²) >= 11 is 6.29. The molecular weight excluding hydrogens is 236 g/mol. The Hall–Kier alpha value is -0.770. The van der Waals surface area contributed by atoms with E-state index >= 15 is 0 Å². The van der Waals surface area contributed by atoms with Gasteiger partial charge < -0.3 is 10.5 Å². The third-order valence-electron chi connectivity index (χ3n) is 3.40. The van der Waals surface area contributed by atoms with Crippen molar-refractivity contribution in [3.05, 3.63) is 28.8 Å². The van der Waals surface area contributed by atoms with Gasteiger partial charge in [-0.1, -0.05) is 17.7 Å². The number of nitrogens with two attached hydrogens (primary N) is 1. The number of likely N-dealkylation sites (N-methyl/N-ethyl adjacent to an activating group) is 1. The Morgan fingerprint density at radius 2 is 2.24 bits per heavy atom. The van der Waals surface area contributed by atoms with Crippen LogP contribution in [0.2, 0.25) is 5.02 Å². The van der Waals surface area contributed by atoms with Crippen LogP contribution in [0.4, 0.5) is 0 Å². The molecular formula is C13H19ClN2O. The molecule has 1 aliphatic rings. The third-order valence-corrected chi connectivity index (χ3v) is 3.73. The van der Waals surface area contributed by atoms with Gasteiger partial charge in [0, 0.05) is 23.2 Å². The van der Waals surface area contributed by atoms with Crippen LogP contribution in [0.25, 0.3) is 0 Å². The highest BCUT2D eigenvalue weighted by atomic mass is 35.5. The summed E-state index contributed by atoms with van der Waals surface area (Å²) in [4.78, 5) is 2.31. The average Bonchev–Trinajstić information content (AvgIpc) is 3.15. The summed E-state index contributed by atoms with van der Waals surface area (Å²) in [5.74, 6) is 0.820. The zero-order valence-electron chi connectivity index (χ0n) is 10.3. The van der Waals surface area contributed by atoms with Crippen LogP contribution < -0.4 is 10.5 Å². The van der Waals surface area contributed by atoms with E-state index in [0.717, 1.165) is 16.3 Å². The van der Waals surface area contributed by atoms with Gasteiger partial charge in [0.05, 0.1) is 13.2 Å². The van der Waals surface area contributed by atoms with Crippen molar-refractivity contribution in [2.24, 2.45) is 5.73 Å². The molecule has 1 atom stereocenters. The lowest BCUT2D eigenvalue weighted by molar-refractivity contribution is 0.234. The fourth-order valence-corrected chi connectivity index (χ4v) is 2.53. The predicted molar refractivity (Wildman–Crippen MR) is 70.6 cm³/mol. The molecule has 3 nitrogen and oxygen atoms in total. The Morgan fingerprint density at radius 1 is 1.53 bits per heavy atom. The molecule has 0 saturated heterocycles. The van der Waals surface area contributed by atoms with Crippen LogP contribution in [-0.2, 0) is 0 Å². The predicted octanol–water partition coefficient (Wildman–Crippen LogP) is 2.44. The second-order valence-corrected chi connectivity index (χ2v) is 4.91. The molecule has 94 valence electrons. The standard InChI is InChI=1S/C13H19ClN2O/c1-16(9-6-7-9)11(8-15)13-10(14)4-3-5-12(13)17-2/h3-5,9,11H,6-8,15H2,1-2H3. The van der Waals surface area contributed by atoms with E-state index in [1.807, 2.05) is 18.2 Å². The highest BCUT2D eigenvalue weighted by molar-refractivity contribution is 6.31. The highest BCUT2D eigenvalue weighted by Gasteiger charge is 2.33. The van der Waals surface area contributed by atoms with Gasteiger partial charge in [0.25, 0.3) is 0 Å². The monoisotopic (exact) mass is 254 g/mol. The van der Waals surface area contributed by atoms with Gasteiger partial charge in [0.15, 0.2) is 0 Å². The van der Waals surface area contributed by atoms with Gasteiger partial charge in [-0.3, -0.25) is 4.90 Å². The number of methoxy groups -OCH3 is 1. The van der Waals surface area contributed by atoms with Crippen molar-refractivity contribution in [2.75, 3.05) is 20.7 Å². The molecule has 1 aromatic carbocycles. The van der Waals surface area contributed by atoms with Crippen molar-refractivity contribution < 1.29 is 4.74 Å². The first-order valence-corrected chi connectivity index (χ1v) is 6.31. The number of halogens is 1. The Kier molecular flexibility index (Phi) is 3.92. The molecule has 0 radical (unpaired) electrons. The molecule has 1 saturated carbocycles. The summed E-state index contributed by atoms with van der Waals surface area (Å²) in [7, 11) is 3.78. The van der Waals surface area contributed by atoms with Crippen molar-refractivity contribution in [1.29, 1.82) is 0 Å². The van der Waals surface area contributed by atoms with Crippen molar-refractivity contribution in [2.45, 2.75) is 24.9 Å².